The van der Waals surface area contributed by atoms with Crippen molar-refractivity contribution in [3.63, 3.8) is 0 Å². The van der Waals surface area contributed by atoms with E-state index in [4.69, 9.17) is 9.47 Å². The van der Waals surface area contributed by atoms with Crippen LogP contribution in [-0.4, -0.2) is 47.0 Å². The van der Waals surface area contributed by atoms with E-state index in [0.29, 0.717) is 33.2 Å². The van der Waals surface area contributed by atoms with Gasteiger partial charge in [0.1, 0.15) is 0 Å². The molecule has 0 saturated heterocycles. The normalized spacial score (nSPS) is 11.2. The summed E-state index contributed by atoms with van der Waals surface area (Å²) in [4.78, 5) is 42.3. The predicted molar refractivity (Wildman–Crippen MR) is 128 cm³/mol. The first kappa shape index (κ1) is 24.1. The Morgan fingerprint density at radius 2 is 1.76 bits per heavy atom. The maximum absolute atomic E-state index is 13.4. The summed E-state index contributed by atoms with van der Waals surface area (Å²) in [6.07, 6.45) is 0. The number of carbonyl (C=O) groups is 2. The van der Waals surface area contributed by atoms with Crippen LogP contribution < -0.4 is 25.7 Å². The van der Waals surface area contributed by atoms with Gasteiger partial charge in [-0.15, -0.1) is 0 Å². The van der Waals surface area contributed by atoms with Crippen LogP contribution in [0, 0.1) is 0 Å². The number of urea groups is 1. The summed E-state index contributed by atoms with van der Waals surface area (Å²) in [5.41, 5.74) is 0.240. The third kappa shape index (κ3) is 5.83. The summed E-state index contributed by atoms with van der Waals surface area (Å²) in [7, 11) is 3.03. The van der Waals surface area contributed by atoms with Gasteiger partial charge in [0, 0.05) is 11.6 Å². The van der Waals surface area contributed by atoms with E-state index >= 15 is 0 Å². The Morgan fingerprint density at radius 3 is 2.42 bits per heavy atom. The zero-order chi connectivity index (χ0) is 24.2. The molecule has 0 bridgehead atoms. The van der Waals surface area contributed by atoms with E-state index in [9.17, 15) is 14.4 Å². The van der Waals surface area contributed by atoms with Crippen molar-refractivity contribution in [2.45, 2.75) is 31.5 Å². The molecule has 3 rings (SSSR count). The third-order valence-corrected chi connectivity index (χ3v) is 5.38. The number of hydrogen-bond acceptors (Lipinski definition) is 7. The second-order valence-corrected chi connectivity index (χ2v) is 9.07. The highest BCUT2D eigenvalue weighted by molar-refractivity contribution is 7.99. The molecule has 9 nitrogen and oxygen atoms in total. The molecule has 10 heteroatoms. The maximum Gasteiger partial charge on any atom is 0.321 e. The molecule has 3 amide bonds. The second kappa shape index (κ2) is 9.95. The monoisotopic (exact) mass is 470 g/mol. The van der Waals surface area contributed by atoms with Crippen LogP contribution in [0.15, 0.2) is 52.4 Å². The topological polar surface area (TPSA) is 112 Å². The van der Waals surface area contributed by atoms with Crippen LogP contribution in [0.25, 0.3) is 16.6 Å². The van der Waals surface area contributed by atoms with Crippen LogP contribution in [0.2, 0.25) is 0 Å². The molecule has 0 saturated carbocycles. The minimum absolute atomic E-state index is 0.115. The summed E-state index contributed by atoms with van der Waals surface area (Å²) < 4.78 is 12.1. The second-order valence-electron chi connectivity index (χ2n) is 8.13. The molecule has 33 heavy (non-hydrogen) atoms. The molecule has 0 fully saturated rings. The number of rotatable bonds is 6. The van der Waals surface area contributed by atoms with Gasteiger partial charge in [0.05, 0.1) is 36.6 Å². The smallest absolute Gasteiger partial charge is 0.321 e. The highest BCUT2D eigenvalue weighted by atomic mass is 32.2. The lowest BCUT2D eigenvalue weighted by molar-refractivity contribution is -0.117. The van der Waals surface area contributed by atoms with Gasteiger partial charge in [-0.2, -0.15) is 0 Å². The quantitative estimate of drug-likeness (QED) is 0.421. The molecular weight excluding hydrogens is 444 g/mol. The summed E-state index contributed by atoms with van der Waals surface area (Å²) >= 11 is 1.05. The number of ether oxygens (including phenoxy) is 2. The van der Waals surface area contributed by atoms with Gasteiger partial charge in [-0.3, -0.25) is 19.5 Å². The minimum atomic E-state index is -0.586. The molecule has 0 aliphatic heterocycles. The molecule has 0 atom stereocenters. The summed E-state index contributed by atoms with van der Waals surface area (Å²) in [6, 6.07) is 11.4. The van der Waals surface area contributed by atoms with E-state index in [-0.39, 0.29) is 11.3 Å². The highest BCUT2D eigenvalue weighted by Crippen LogP contribution is 2.30. The fraction of sp³-hybridized carbons (Fsp3) is 0.304. The number of aromatic nitrogens is 2. The number of benzene rings is 2. The van der Waals surface area contributed by atoms with Gasteiger partial charge in [-0.05, 0) is 45.0 Å². The first-order valence-corrected chi connectivity index (χ1v) is 11.1. The largest absolute Gasteiger partial charge is 0.493 e. The lowest BCUT2D eigenvalue weighted by Crippen LogP contribution is -2.48. The number of amides is 3. The van der Waals surface area contributed by atoms with E-state index in [1.165, 1.54) is 18.8 Å². The zero-order valence-corrected chi connectivity index (χ0v) is 19.9. The number of nitrogens with one attached hydrogen (secondary N) is 2. The molecule has 174 valence electrons. The van der Waals surface area contributed by atoms with Crippen molar-refractivity contribution in [1.29, 1.82) is 0 Å². The molecule has 0 spiro atoms. The first-order valence-electron chi connectivity index (χ1n) is 10.1. The van der Waals surface area contributed by atoms with Crippen LogP contribution in [0.1, 0.15) is 20.8 Å². The highest BCUT2D eigenvalue weighted by Gasteiger charge is 2.19. The van der Waals surface area contributed by atoms with Gasteiger partial charge in [0.2, 0.25) is 5.91 Å². The fourth-order valence-corrected chi connectivity index (χ4v) is 3.88. The average Bonchev–Trinajstić information content (AvgIpc) is 2.76. The van der Waals surface area contributed by atoms with Crippen molar-refractivity contribution in [1.82, 2.24) is 20.2 Å². The number of imide groups is 1. The van der Waals surface area contributed by atoms with E-state index in [1.54, 1.807) is 42.5 Å². The van der Waals surface area contributed by atoms with Crippen molar-refractivity contribution in [2.24, 2.45) is 0 Å². The minimum Gasteiger partial charge on any atom is -0.493 e. The summed E-state index contributed by atoms with van der Waals surface area (Å²) in [6.45, 7) is 5.44. The van der Waals surface area contributed by atoms with Gasteiger partial charge in [0.15, 0.2) is 16.7 Å². The van der Waals surface area contributed by atoms with Crippen LogP contribution in [0.3, 0.4) is 0 Å². The van der Waals surface area contributed by atoms with Gasteiger partial charge in [-0.1, -0.05) is 23.9 Å². The SMILES string of the molecule is COc1ccc(-n2c(SCC(=O)NC(=O)NC(C)(C)C)nc3ccccc3c2=O)cc1OC. The Balaban J connectivity index is 1.97. The van der Waals surface area contributed by atoms with Gasteiger partial charge >= 0.3 is 6.03 Å². The van der Waals surface area contributed by atoms with Gasteiger partial charge in [-0.25, -0.2) is 9.78 Å². The summed E-state index contributed by atoms with van der Waals surface area (Å²) in [5.74, 6) is 0.336. The molecule has 1 aromatic heterocycles. The molecule has 2 aromatic carbocycles. The van der Waals surface area contributed by atoms with E-state index < -0.39 is 17.5 Å². The van der Waals surface area contributed by atoms with Gasteiger partial charge in [0.25, 0.3) is 5.56 Å². The fourth-order valence-electron chi connectivity index (χ4n) is 3.07. The summed E-state index contributed by atoms with van der Waals surface area (Å²) in [5, 5.41) is 5.69. The molecule has 0 radical (unpaired) electrons. The molecule has 0 unspecified atom stereocenters. The maximum atomic E-state index is 13.4. The average molecular weight is 471 g/mol. The number of nitrogens with zero attached hydrogens (tertiary/aromatic N) is 2. The number of fused-ring (bicyclic) bond motifs is 1. The number of thioether (sulfide) groups is 1. The Labute approximate surface area is 195 Å². The molecule has 0 aliphatic rings. The zero-order valence-electron chi connectivity index (χ0n) is 19.1. The molecular formula is C23H26N4O5S. The van der Waals surface area contributed by atoms with E-state index in [1.807, 2.05) is 20.8 Å². The van der Waals surface area contributed by atoms with Gasteiger partial charge < -0.3 is 14.8 Å². The van der Waals surface area contributed by atoms with Crippen LogP contribution in [0.4, 0.5) is 4.79 Å². The van der Waals surface area contributed by atoms with Crippen LogP contribution >= 0.6 is 11.8 Å². The number of carbonyl (C=O) groups excluding carboxylic acids is 2. The van der Waals surface area contributed by atoms with E-state index in [0.717, 1.165) is 11.8 Å². The molecule has 3 aromatic rings. The number of para-hydroxylation sites is 1. The van der Waals surface area contributed by atoms with Crippen molar-refractivity contribution in [2.75, 3.05) is 20.0 Å². The van der Waals surface area contributed by atoms with E-state index in [2.05, 4.69) is 15.6 Å². The van der Waals surface area contributed by atoms with Crippen molar-refractivity contribution in [3.8, 4) is 17.2 Å². The van der Waals surface area contributed by atoms with Crippen molar-refractivity contribution < 1.29 is 19.1 Å². The van der Waals surface area contributed by atoms with Crippen molar-refractivity contribution >= 4 is 34.6 Å². The lowest BCUT2D eigenvalue weighted by atomic mass is 10.1. The Bertz CT molecular complexity index is 1250. The van der Waals surface area contributed by atoms with Crippen LogP contribution in [0.5, 0.6) is 11.5 Å². The number of methoxy groups -OCH3 is 2. The molecule has 2 N–H and O–H groups in total. The molecule has 0 aliphatic carbocycles. The Kier molecular flexibility index (Phi) is 7.27. The number of hydrogen-bond donors (Lipinski definition) is 2. The predicted octanol–water partition coefficient (Wildman–Crippen LogP) is 3.12. The third-order valence-electron chi connectivity index (χ3n) is 4.44. The molecule has 1 heterocycles. The lowest BCUT2D eigenvalue weighted by Gasteiger charge is -2.20. The Hall–Kier alpha value is -3.53. The first-order chi connectivity index (χ1) is 15.6. The van der Waals surface area contributed by atoms with Crippen molar-refractivity contribution in [3.05, 3.63) is 52.8 Å². The van der Waals surface area contributed by atoms with Crippen LogP contribution in [-0.2, 0) is 4.79 Å². The Morgan fingerprint density at radius 1 is 1.06 bits per heavy atom. The standard InChI is InChI=1S/C23H26N4O5S/c1-23(2,3)26-21(30)25-19(28)13-33-22-24-16-9-7-6-8-15(16)20(29)27(22)14-10-11-17(31-4)18(12-14)32-5/h6-12H,13H2,1-5H3,(H2,25,26,28,30).